The van der Waals surface area contributed by atoms with E-state index in [4.69, 9.17) is 14.0 Å². The van der Waals surface area contributed by atoms with Gasteiger partial charge >= 0.3 is 13.2 Å². The van der Waals surface area contributed by atoms with Crippen molar-refractivity contribution in [3.63, 3.8) is 0 Å². The van der Waals surface area contributed by atoms with Gasteiger partial charge in [-0.1, -0.05) is 29.8 Å². The van der Waals surface area contributed by atoms with Crippen LogP contribution < -0.4 is 5.32 Å². The van der Waals surface area contributed by atoms with Gasteiger partial charge in [0.15, 0.2) is 6.29 Å². The zero-order valence-electron chi connectivity index (χ0n) is 18.7. The van der Waals surface area contributed by atoms with Crippen molar-refractivity contribution in [1.82, 2.24) is 5.32 Å². The third-order valence-electron chi connectivity index (χ3n) is 5.10. The van der Waals surface area contributed by atoms with Gasteiger partial charge in [-0.05, 0) is 66.4 Å². The number of amides is 1. The van der Waals surface area contributed by atoms with Crippen molar-refractivity contribution in [3.8, 4) is 0 Å². The number of hydrogen-bond acceptors (Lipinski definition) is 5. The number of carbonyl (C=O) groups excluding carboxylic acids is 2. The molecule has 0 atom stereocenters. The second-order valence-electron chi connectivity index (χ2n) is 9.41. The van der Waals surface area contributed by atoms with Crippen LogP contribution in [0.4, 0.5) is 4.79 Å². The topological polar surface area (TPSA) is 73.9 Å². The molecule has 1 aromatic carbocycles. The SMILES string of the molecule is Cc1ccc(C=O)c(C=C(CNC(=O)OC(C)(C)C)B2OC(C)(C)C(C)(C)O2)c1. The number of aldehydes is 1. The highest BCUT2D eigenvalue weighted by Gasteiger charge is 2.52. The Morgan fingerprint density at radius 3 is 2.24 bits per heavy atom. The number of rotatable bonds is 5. The van der Waals surface area contributed by atoms with Crippen LogP contribution in [0.2, 0.25) is 0 Å². The molecule has 1 N–H and O–H groups in total. The zero-order valence-corrected chi connectivity index (χ0v) is 18.7. The van der Waals surface area contributed by atoms with Crippen LogP contribution in [0.5, 0.6) is 0 Å². The Labute approximate surface area is 174 Å². The van der Waals surface area contributed by atoms with Crippen LogP contribution in [-0.2, 0) is 14.0 Å². The fraction of sp³-hybridized carbons (Fsp3) is 0.545. The molecular formula is C22H32BNO5. The molecule has 0 aliphatic carbocycles. The summed E-state index contributed by atoms with van der Waals surface area (Å²) in [5.74, 6) is 0. The average molecular weight is 401 g/mol. The van der Waals surface area contributed by atoms with E-state index in [9.17, 15) is 9.59 Å². The number of hydrogen-bond donors (Lipinski definition) is 1. The van der Waals surface area contributed by atoms with Crippen LogP contribution in [0.1, 0.15) is 70.0 Å². The standard InChI is InChI=1S/C22H32BNO5/c1-15-9-10-16(14-25)17(11-15)12-18(13-24-19(26)27-20(2,3)4)23-28-21(5,6)22(7,8)29-23/h9-12,14H,13H2,1-8H3,(H,24,26). The van der Waals surface area contributed by atoms with E-state index in [1.54, 1.807) is 26.8 Å². The molecule has 7 heteroatoms. The van der Waals surface area contributed by atoms with E-state index in [0.29, 0.717) is 11.0 Å². The molecule has 1 aromatic rings. The molecule has 0 aromatic heterocycles. The van der Waals surface area contributed by atoms with Crippen molar-refractivity contribution in [1.29, 1.82) is 0 Å². The molecule has 1 aliphatic heterocycles. The quantitative estimate of drug-likeness (QED) is 0.587. The molecule has 29 heavy (non-hydrogen) atoms. The smallest absolute Gasteiger partial charge is 0.444 e. The normalized spacial score (nSPS) is 18.5. The molecule has 0 radical (unpaired) electrons. The van der Waals surface area contributed by atoms with E-state index in [1.807, 2.05) is 52.8 Å². The number of nitrogens with one attached hydrogen (secondary N) is 1. The largest absolute Gasteiger partial charge is 0.492 e. The zero-order chi connectivity index (χ0) is 22.0. The third-order valence-corrected chi connectivity index (χ3v) is 5.10. The lowest BCUT2D eigenvalue weighted by Gasteiger charge is -2.32. The molecule has 1 amide bonds. The first-order chi connectivity index (χ1) is 13.2. The molecule has 6 nitrogen and oxygen atoms in total. The monoisotopic (exact) mass is 401 g/mol. The molecule has 0 spiro atoms. The van der Waals surface area contributed by atoms with Gasteiger partial charge in [-0.25, -0.2) is 4.79 Å². The summed E-state index contributed by atoms with van der Waals surface area (Å²) in [4.78, 5) is 23.7. The fourth-order valence-electron chi connectivity index (χ4n) is 2.81. The lowest BCUT2D eigenvalue weighted by atomic mass is 9.76. The molecule has 0 saturated carbocycles. The Hall–Kier alpha value is -2.12. The molecule has 2 rings (SSSR count). The maximum absolute atomic E-state index is 12.2. The van der Waals surface area contributed by atoms with Gasteiger partial charge in [-0.15, -0.1) is 0 Å². The fourth-order valence-corrected chi connectivity index (χ4v) is 2.81. The number of benzene rings is 1. The van der Waals surface area contributed by atoms with Crippen molar-refractivity contribution >= 4 is 25.6 Å². The summed E-state index contributed by atoms with van der Waals surface area (Å²) in [6, 6.07) is 5.58. The van der Waals surface area contributed by atoms with Gasteiger partial charge in [0.1, 0.15) is 5.60 Å². The molecule has 1 aliphatic rings. The molecule has 0 bridgehead atoms. The predicted octanol–water partition coefficient (Wildman–Crippen LogP) is 4.35. The summed E-state index contributed by atoms with van der Waals surface area (Å²) in [7, 11) is -0.657. The predicted molar refractivity (Wildman–Crippen MR) is 115 cm³/mol. The van der Waals surface area contributed by atoms with Gasteiger partial charge in [0.25, 0.3) is 0 Å². The second-order valence-corrected chi connectivity index (χ2v) is 9.41. The van der Waals surface area contributed by atoms with Gasteiger partial charge < -0.3 is 19.4 Å². The highest BCUT2D eigenvalue weighted by Crippen LogP contribution is 2.38. The lowest BCUT2D eigenvalue weighted by Crippen LogP contribution is -2.41. The van der Waals surface area contributed by atoms with Crippen LogP contribution in [-0.4, -0.2) is 42.8 Å². The second kappa shape index (κ2) is 8.32. The van der Waals surface area contributed by atoms with Gasteiger partial charge in [-0.3, -0.25) is 4.79 Å². The Morgan fingerprint density at radius 2 is 1.72 bits per heavy atom. The first-order valence-corrected chi connectivity index (χ1v) is 9.83. The minimum Gasteiger partial charge on any atom is -0.444 e. The molecule has 158 valence electrons. The first kappa shape index (κ1) is 23.2. The molecular weight excluding hydrogens is 369 g/mol. The van der Waals surface area contributed by atoms with Gasteiger partial charge in [-0.2, -0.15) is 0 Å². The van der Waals surface area contributed by atoms with Crippen LogP contribution in [0, 0.1) is 6.92 Å². The highest BCUT2D eigenvalue weighted by atomic mass is 16.7. The minimum atomic E-state index is -0.657. The summed E-state index contributed by atoms with van der Waals surface area (Å²) in [6.07, 6.45) is 2.13. The van der Waals surface area contributed by atoms with Crippen LogP contribution in [0.25, 0.3) is 6.08 Å². The van der Waals surface area contributed by atoms with Gasteiger partial charge in [0, 0.05) is 12.1 Å². The van der Waals surface area contributed by atoms with E-state index in [1.165, 1.54) is 0 Å². The maximum atomic E-state index is 12.2. The average Bonchev–Trinajstić information content (AvgIpc) is 2.77. The van der Waals surface area contributed by atoms with Crippen molar-refractivity contribution < 1.29 is 23.6 Å². The van der Waals surface area contributed by atoms with Gasteiger partial charge in [0.05, 0.1) is 11.2 Å². The Balaban J connectivity index is 2.35. The lowest BCUT2D eigenvalue weighted by molar-refractivity contribution is 0.00578. The summed E-state index contributed by atoms with van der Waals surface area (Å²) in [5.41, 5.74) is 1.38. The summed E-state index contributed by atoms with van der Waals surface area (Å²) in [6.45, 7) is 15.4. The number of aryl methyl sites for hydroxylation is 1. The van der Waals surface area contributed by atoms with E-state index >= 15 is 0 Å². The summed E-state index contributed by atoms with van der Waals surface area (Å²) < 4.78 is 17.7. The van der Waals surface area contributed by atoms with E-state index < -0.39 is 30.0 Å². The van der Waals surface area contributed by atoms with E-state index in [-0.39, 0.29) is 6.54 Å². The van der Waals surface area contributed by atoms with Crippen LogP contribution in [0.3, 0.4) is 0 Å². The Kier molecular flexibility index (Phi) is 6.65. The first-order valence-electron chi connectivity index (χ1n) is 9.83. The summed E-state index contributed by atoms with van der Waals surface area (Å²) >= 11 is 0. The van der Waals surface area contributed by atoms with Crippen molar-refractivity contribution in [3.05, 3.63) is 40.4 Å². The molecule has 1 fully saturated rings. The number of carbonyl (C=O) groups is 2. The van der Waals surface area contributed by atoms with Crippen molar-refractivity contribution in [2.24, 2.45) is 0 Å². The summed E-state index contributed by atoms with van der Waals surface area (Å²) in [5, 5.41) is 2.77. The van der Waals surface area contributed by atoms with Crippen molar-refractivity contribution in [2.75, 3.05) is 6.54 Å². The van der Waals surface area contributed by atoms with Gasteiger partial charge in [0.2, 0.25) is 0 Å². The maximum Gasteiger partial charge on any atom is 0.492 e. The molecule has 1 heterocycles. The van der Waals surface area contributed by atoms with E-state index in [2.05, 4.69) is 5.32 Å². The van der Waals surface area contributed by atoms with Crippen LogP contribution in [0.15, 0.2) is 23.7 Å². The van der Waals surface area contributed by atoms with Crippen molar-refractivity contribution in [2.45, 2.75) is 72.2 Å². The third kappa shape index (κ3) is 5.93. The van der Waals surface area contributed by atoms with Crippen LogP contribution >= 0.6 is 0 Å². The highest BCUT2D eigenvalue weighted by molar-refractivity contribution is 6.56. The molecule has 1 saturated heterocycles. The molecule has 0 unspecified atom stereocenters. The number of ether oxygens (including phenoxy) is 1. The Bertz CT molecular complexity index is 792. The van der Waals surface area contributed by atoms with E-state index in [0.717, 1.165) is 17.4 Å². The number of alkyl carbamates (subject to hydrolysis) is 1. The Morgan fingerprint density at radius 1 is 1.14 bits per heavy atom. The minimum absolute atomic E-state index is 0.165.